The second kappa shape index (κ2) is 4.73. The van der Waals surface area contributed by atoms with Gasteiger partial charge in [0.25, 0.3) is 0 Å². The molecule has 15 heavy (non-hydrogen) atoms. The minimum atomic E-state index is 0.514. The van der Waals surface area contributed by atoms with Gasteiger partial charge in [0.1, 0.15) is 5.15 Å². The number of pyridine rings is 2. The molecule has 0 amide bonds. The molecule has 4 heteroatoms. The number of alkyl halides is 1. The first-order valence-electron chi connectivity index (χ1n) is 4.42. The van der Waals surface area contributed by atoms with Gasteiger partial charge in [0.15, 0.2) is 0 Å². The van der Waals surface area contributed by atoms with Crippen LogP contribution in [0.25, 0.3) is 11.1 Å². The normalized spacial score (nSPS) is 10.3. The first kappa shape index (κ1) is 10.6. The van der Waals surface area contributed by atoms with E-state index < -0.39 is 0 Å². The van der Waals surface area contributed by atoms with Gasteiger partial charge in [0.05, 0.1) is 0 Å². The molecule has 0 N–H and O–H groups in total. The fraction of sp³-hybridized carbons (Fsp3) is 0.0909. The highest BCUT2D eigenvalue weighted by molar-refractivity contribution is 9.08. The molecule has 0 unspecified atom stereocenters. The van der Waals surface area contributed by atoms with Crippen LogP contribution in [0, 0.1) is 0 Å². The maximum Gasteiger partial charge on any atom is 0.137 e. The Bertz CT molecular complexity index is 459. The molecule has 0 aliphatic carbocycles. The molecule has 0 aromatic carbocycles. The second-order valence-electron chi connectivity index (χ2n) is 3.01. The summed E-state index contributed by atoms with van der Waals surface area (Å²) in [5.74, 6) is 0. The maximum absolute atomic E-state index is 6.08. The van der Waals surface area contributed by atoms with E-state index in [4.69, 9.17) is 11.6 Å². The Hall–Kier alpha value is -0.930. The van der Waals surface area contributed by atoms with Crippen LogP contribution in [0.4, 0.5) is 0 Å². The van der Waals surface area contributed by atoms with Crippen LogP contribution < -0.4 is 0 Å². The number of nitrogens with zero attached hydrogens (tertiary/aromatic N) is 2. The molecule has 0 radical (unpaired) electrons. The summed E-state index contributed by atoms with van der Waals surface area (Å²) in [5.41, 5.74) is 3.05. The van der Waals surface area contributed by atoms with E-state index >= 15 is 0 Å². The van der Waals surface area contributed by atoms with Gasteiger partial charge in [0, 0.05) is 35.0 Å². The lowest BCUT2D eigenvalue weighted by molar-refractivity contribution is 1.26. The van der Waals surface area contributed by atoms with E-state index in [9.17, 15) is 0 Å². The number of hydrogen-bond donors (Lipinski definition) is 0. The summed E-state index contributed by atoms with van der Waals surface area (Å²) < 4.78 is 0. The van der Waals surface area contributed by atoms with Gasteiger partial charge in [-0.15, -0.1) is 0 Å². The van der Waals surface area contributed by atoms with Gasteiger partial charge in [-0.05, 0) is 17.7 Å². The average molecular weight is 284 g/mol. The second-order valence-corrected chi connectivity index (χ2v) is 3.93. The predicted molar refractivity (Wildman–Crippen MR) is 65.1 cm³/mol. The van der Waals surface area contributed by atoms with Gasteiger partial charge in [-0.25, -0.2) is 4.98 Å². The highest BCUT2D eigenvalue weighted by Gasteiger charge is 2.09. The lowest BCUT2D eigenvalue weighted by Crippen LogP contribution is -1.90. The van der Waals surface area contributed by atoms with Crippen LogP contribution in [0.3, 0.4) is 0 Å². The standard InChI is InChI=1S/C11H8BrClN2/c12-6-8-3-5-15-11(13)10(8)9-2-1-4-14-7-9/h1-5,7H,6H2. The number of hydrogen-bond acceptors (Lipinski definition) is 2. The van der Waals surface area contributed by atoms with Crippen molar-refractivity contribution in [3.05, 3.63) is 47.5 Å². The zero-order valence-electron chi connectivity index (χ0n) is 7.82. The van der Waals surface area contributed by atoms with Crippen molar-refractivity contribution >= 4 is 27.5 Å². The highest BCUT2D eigenvalue weighted by atomic mass is 79.9. The van der Waals surface area contributed by atoms with Crippen molar-refractivity contribution < 1.29 is 0 Å². The van der Waals surface area contributed by atoms with E-state index in [1.165, 1.54) is 0 Å². The van der Waals surface area contributed by atoms with Crippen molar-refractivity contribution in [1.82, 2.24) is 9.97 Å². The lowest BCUT2D eigenvalue weighted by Gasteiger charge is -2.07. The fourth-order valence-corrected chi connectivity index (χ4v) is 2.15. The Balaban J connectivity index is 2.61. The summed E-state index contributed by atoms with van der Waals surface area (Å²) in [6.07, 6.45) is 5.23. The van der Waals surface area contributed by atoms with E-state index in [2.05, 4.69) is 25.9 Å². The van der Waals surface area contributed by atoms with Crippen LogP contribution in [-0.2, 0) is 5.33 Å². The SMILES string of the molecule is Clc1nccc(CBr)c1-c1cccnc1. The molecule has 0 saturated carbocycles. The first-order valence-corrected chi connectivity index (χ1v) is 5.92. The molecule has 2 rings (SSSR count). The first-order chi connectivity index (χ1) is 7.33. The largest absolute Gasteiger partial charge is 0.264 e. The molecule has 0 aliphatic heterocycles. The molecule has 2 aromatic rings. The average Bonchev–Trinajstić information content (AvgIpc) is 2.29. The lowest BCUT2D eigenvalue weighted by atomic mass is 10.1. The van der Waals surface area contributed by atoms with Crippen molar-refractivity contribution in [2.45, 2.75) is 5.33 Å². The van der Waals surface area contributed by atoms with Crippen molar-refractivity contribution in [1.29, 1.82) is 0 Å². The molecule has 2 nitrogen and oxygen atoms in total. The van der Waals surface area contributed by atoms with Crippen LogP contribution in [0.1, 0.15) is 5.56 Å². The van der Waals surface area contributed by atoms with Crippen LogP contribution in [0.5, 0.6) is 0 Å². The van der Waals surface area contributed by atoms with Gasteiger partial charge in [-0.2, -0.15) is 0 Å². The summed E-state index contributed by atoms with van der Waals surface area (Å²) in [7, 11) is 0. The Morgan fingerprint density at radius 2 is 2.13 bits per heavy atom. The topological polar surface area (TPSA) is 25.8 Å². The van der Waals surface area contributed by atoms with Gasteiger partial charge in [0.2, 0.25) is 0 Å². The fourth-order valence-electron chi connectivity index (χ4n) is 1.40. The molecule has 0 aliphatic rings. The summed E-state index contributed by atoms with van der Waals surface area (Å²) in [6.45, 7) is 0. The van der Waals surface area contributed by atoms with Gasteiger partial charge >= 0.3 is 0 Å². The Morgan fingerprint density at radius 1 is 1.27 bits per heavy atom. The maximum atomic E-state index is 6.08. The van der Waals surface area contributed by atoms with Crippen molar-refractivity contribution in [3.8, 4) is 11.1 Å². The van der Waals surface area contributed by atoms with Crippen LogP contribution in [0.15, 0.2) is 36.8 Å². The Kier molecular flexibility index (Phi) is 3.34. The minimum absolute atomic E-state index is 0.514. The van der Waals surface area contributed by atoms with E-state index in [0.29, 0.717) is 5.15 Å². The van der Waals surface area contributed by atoms with Gasteiger partial charge < -0.3 is 0 Å². The molecule has 2 heterocycles. The van der Waals surface area contributed by atoms with Crippen LogP contribution in [0.2, 0.25) is 5.15 Å². The third-order valence-corrected chi connectivity index (χ3v) is 2.98. The van der Waals surface area contributed by atoms with Gasteiger partial charge in [-0.1, -0.05) is 33.6 Å². The molecule has 0 fully saturated rings. The molecule has 2 aromatic heterocycles. The quantitative estimate of drug-likeness (QED) is 0.620. The van der Waals surface area contributed by atoms with Gasteiger partial charge in [-0.3, -0.25) is 4.98 Å². The van der Waals surface area contributed by atoms with E-state index in [1.807, 2.05) is 18.2 Å². The highest BCUT2D eigenvalue weighted by Crippen LogP contribution is 2.30. The molecule has 0 bridgehead atoms. The third kappa shape index (κ3) is 2.19. The zero-order valence-corrected chi connectivity index (χ0v) is 10.2. The molecule has 0 atom stereocenters. The molecule has 0 spiro atoms. The summed E-state index contributed by atoms with van der Waals surface area (Å²) >= 11 is 9.52. The van der Waals surface area contributed by atoms with Crippen LogP contribution in [-0.4, -0.2) is 9.97 Å². The predicted octanol–water partition coefficient (Wildman–Crippen LogP) is 3.69. The molecular formula is C11H8BrClN2. The number of rotatable bonds is 2. The van der Waals surface area contributed by atoms with E-state index in [1.54, 1.807) is 18.6 Å². The summed E-state index contributed by atoms with van der Waals surface area (Å²) in [4.78, 5) is 8.16. The van der Waals surface area contributed by atoms with Crippen molar-refractivity contribution in [3.63, 3.8) is 0 Å². The molecule has 76 valence electrons. The van der Waals surface area contributed by atoms with E-state index in [0.717, 1.165) is 22.0 Å². The number of aromatic nitrogens is 2. The monoisotopic (exact) mass is 282 g/mol. The van der Waals surface area contributed by atoms with Crippen molar-refractivity contribution in [2.75, 3.05) is 0 Å². The zero-order chi connectivity index (χ0) is 10.7. The van der Waals surface area contributed by atoms with Crippen molar-refractivity contribution in [2.24, 2.45) is 0 Å². The third-order valence-electron chi connectivity index (χ3n) is 2.09. The summed E-state index contributed by atoms with van der Waals surface area (Å²) in [5, 5.41) is 1.26. The summed E-state index contributed by atoms with van der Waals surface area (Å²) in [6, 6.07) is 5.81. The minimum Gasteiger partial charge on any atom is -0.264 e. The Morgan fingerprint density at radius 3 is 2.80 bits per heavy atom. The molecule has 0 saturated heterocycles. The smallest absolute Gasteiger partial charge is 0.137 e. The van der Waals surface area contributed by atoms with E-state index in [-0.39, 0.29) is 0 Å². The Labute approximate surface area is 101 Å². The molecular weight excluding hydrogens is 275 g/mol. The van der Waals surface area contributed by atoms with Crippen LogP contribution >= 0.6 is 27.5 Å². The number of halogens is 2.